The van der Waals surface area contributed by atoms with E-state index in [0.717, 1.165) is 29.0 Å². The summed E-state index contributed by atoms with van der Waals surface area (Å²) in [5.74, 6) is 0.898. The Morgan fingerprint density at radius 3 is 2.75 bits per heavy atom. The Kier molecular flexibility index (Phi) is 3.10. The van der Waals surface area contributed by atoms with Gasteiger partial charge in [0, 0.05) is 12.1 Å². The number of anilines is 1. The van der Waals surface area contributed by atoms with E-state index in [1.807, 2.05) is 30.3 Å². The molecule has 2 heteroatoms. The van der Waals surface area contributed by atoms with Crippen LogP contribution < -0.4 is 10.5 Å². The predicted octanol–water partition coefficient (Wildman–Crippen LogP) is 2.67. The Bertz CT molecular complexity index is 480. The molecule has 0 fully saturated rings. The van der Waals surface area contributed by atoms with Crippen molar-refractivity contribution in [3.63, 3.8) is 0 Å². The number of hydrogen-bond acceptors (Lipinski definition) is 2. The van der Waals surface area contributed by atoms with Crippen molar-refractivity contribution in [2.24, 2.45) is 0 Å². The Morgan fingerprint density at radius 2 is 2.00 bits per heavy atom. The summed E-state index contributed by atoms with van der Waals surface area (Å²) in [6.45, 7) is 0. The van der Waals surface area contributed by atoms with Crippen molar-refractivity contribution < 1.29 is 4.74 Å². The molecule has 0 atom stereocenters. The van der Waals surface area contributed by atoms with Crippen molar-refractivity contribution in [1.29, 1.82) is 0 Å². The minimum atomic E-state index is 0.772. The number of para-hydroxylation sites is 1. The second-order valence-electron chi connectivity index (χ2n) is 3.61. The number of methoxy groups -OCH3 is 1. The van der Waals surface area contributed by atoms with E-state index in [0.29, 0.717) is 0 Å². The van der Waals surface area contributed by atoms with E-state index in [1.54, 1.807) is 13.2 Å². The van der Waals surface area contributed by atoms with E-state index in [1.165, 1.54) is 0 Å². The van der Waals surface area contributed by atoms with Crippen molar-refractivity contribution in [2.45, 2.75) is 6.42 Å². The third-order valence-corrected chi connectivity index (χ3v) is 2.56. The zero-order chi connectivity index (χ0) is 11.4. The number of benzene rings is 2. The van der Waals surface area contributed by atoms with Gasteiger partial charge < -0.3 is 10.5 Å². The molecule has 16 heavy (non-hydrogen) atoms. The lowest BCUT2D eigenvalue weighted by molar-refractivity contribution is 0.410. The van der Waals surface area contributed by atoms with Crippen LogP contribution in [-0.4, -0.2) is 7.11 Å². The summed E-state index contributed by atoms with van der Waals surface area (Å²) in [6.07, 6.45) is 0.782. The fourth-order valence-electron chi connectivity index (χ4n) is 1.69. The van der Waals surface area contributed by atoms with Gasteiger partial charge in [0.15, 0.2) is 0 Å². The van der Waals surface area contributed by atoms with Gasteiger partial charge in [-0.1, -0.05) is 30.3 Å². The van der Waals surface area contributed by atoms with Crippen LogP contribution in [0.4, 0.5) is 5.69 Å². The summed E-state index contributed by atoms with van der Waals surface area (Å²) in [6, 6.07) is 16.6. The second kappa shape index (κ2) is 4.71. The maximum Gasteiger partial charge on any atom is 0.122 e. The fraction of sp³-hybridized carbons (Fsp3) is 0.143. The van der Waals surface area contributed by atoms with Crippen LogP contribution in [0.3, 0.4) is 0 Å². The Balaban J connectivity index is 2.30. The van der Waals surface area contributed by atoms with Crippen LogP contribution in [0.15, 0.2) is 42.5 Å². The van der Waals surface area contributed by atoms with Gasteiger partial charge in [0.25, 0.3) is 0 Å². The van der Waals surface area contributed by atoms with Gasteiger partial charge in [-0.05, 0) is 29.3 Å². The van der Waals surface area contributed by atoms with Crippen LogP contribution in [0.25, 0.3) is 0 Å². The molecule has 0 aromatic heterocycles. The number of rotatable bonds is 3. The molecule has 0 heterocycles. The maximum absolute atomic E-state index is 5.89. The normalized spacial score (nSPS) is 10.1. The molecule has 1 radical (unpaired) electrons. The van der Waals surface area contributed by atoms with E-state index >= 15 is 0 Å². The third-order valence-electron chi connectivity index (χ3n) is 2.56. The molecule has 0 saturated carbocycles. The molecule has 0 aliphatic carbocycles. The highest BCUT2D eigenvalue weighted by atomic mass is 16.5. The van der Waals surface area contributed by atoms with Crippen LogP contribution in [0.5, 0.6) is 5.75 Å². The quantitative estimate of drug-likeness (QED) is 0.794. The first kappa shape index (κ1) is 10.6. The van der Waals surface area contributed by atoms with Crippen LogP contribution in [-0.2, 0) is 6.42 Å². The van der Waals surface area contributed by atoms with Crippen LogP contribution in [0.2, 0.25) is 0 Å². The molecule has 0 unspecified atom stereocenters. The predicted molar refractivity (Wildman–Crippen MR) is 65.5 cm³/mol. The summed E-state index contributed by atoms with van der Waals surface area (Å²) in [4.78, 5) is 0. The molecule has 2 aromatic rings. The van der Waals surface area contributed by atoms with Crippen molar-refractivity contribution in [2.75, 3.05) is 12.8 Å². The van der Waals surface area contributed by atoms with E-state index in [9.17, 15) is 0 Å². The fourth-order valence-corrected chi connectivity index (χ4v) is 1.69. The van der Waals surface area contributed by atoms with Gasteiger partial charge in [-0.2, -0.15) is 0 Å². The zero-order valence-corrected chi connectivity index (χ0v) is 9.23. The molecule has 0 aliphatic heterocycles. The van der Waals surface area contributed by atoms with E-state index in [2.05, 4.69) is 12.1 Å². The third kappa shape index (κ3) is 2.16. The average molecular weight is 212 g/mol. The van der Waals surface area contributed by atoms with Crippen LogP contribution >= 0.6 is 0 Å². The maximum atomic E-state index is 5.89. The first-order chi connectivity index (χ1) is 7.81. The lowest BCUT2D eigenvalue weighted by Gasteiger charge is -2.09. The second-order valence-corrected chi connectivity index (χ2v) is 3.61. The first-order valence-corrected chi connectivity index (χ1v) is 5.17. The molecule has 81 valence electrons. The van der Waals surface area contributed by atoms with Crippen molar-refractivity contribution in [3.8, 4) is 5.75 Å². The number of ether oxygens (including phenoxy) is 1. The summed E-state index contributed by atoms with van der Waals surface area (Å²) in [7, 11) is 1.68. The summed E-state index contributed by atoms with van der Waals surface area (Å²) >= 11 is 0. The molecule has 0 saturated heterocycles. The highest BCUT2D eigenvalue weighted by Crippen LogP contribution is 2.23. The Hall–Kier alpha value is -1.96. The standard InChI is InChI=1S/C14H14NO/c1-16-14-9-5-3-7-12(14)10-11-6-2-4-8-13(11)15/h2-3,5-9H,10,15H2,1H3. The number of nitrogen functional groups attached to an aromatic ring is 1. The Morgan fingerprint density at radius 1 is 1.19 bits per heavy atom. The highest BCUT2D eigenvalue weighted by molar-refractivity contribution is 5.49. The molecule has 0 spiro atoms. The molecule has 2 aromatic carbocycles. The van der Waals surface area contributed by atoms with Crippen molar-refractivity contribution >= 4 is 5.69 Å². The lowest BCUT2D eigenvalue weighted by atomic mass is 10.0. The summed E-state index contributed by atoms with van der Waals surface area (Å²) in [5.41, 5.74) is 8.90. The largest absolute Gasteiger partial charge is 0.496 e. The lowest BCUT2D eigenvalue weighted by Crippen LogP contribution is -1.97. The highest BCUT2D eigenvalue weighted by Gasteiger charge is 2.04. The molecule has 0 bridgehead atoms. The number of nitrogens with two attached hydrogens (primary N) is 1. The van der Waals surface area contributed by atoms with Crippen molar-refractivity contribution in [1.82, 2.24) is 0 Å². The topological polar surface area (TPSA) is 35.2 Å². The number of hydrogen-bond donors (Lipinski definition) is 1. The Labute approximate surface area is 95.7 Å². The summed E-state index contributed by atoms with van der Waals surface area (Å²) < 4.78 is 5.31. The molecule has 0 amide bonds. The van der Waals surface area contributed by atoms with Crippen LogP contribution in [0, 0.1) is 6.07 Å². The molecular formula is C14H14NO. The molecule has 0 aliphatic rings. The van der Waals surface area contributed by atoms with E-state index in [-0.39, 0.29) is 0 Å². The SMILES string of the molecule is COc1ccccc1Cc1cc[c]cc1N. The molecule has 2 nitrogen and oxygen atoms in total. The van der Waals surface area contributed by atoms with Crippen molar-refractivity contribution in [3.05, 3.63) is 59.7 Å². The van der Waals surface area contributed by atoms with Gasteiger partial charge in [-0.3, -0.25) is 0 Å². The van der Waals surface area contributed by atoms with Gasteiger partial charge in [-0.15, -0.1) is 0 Å². The van der Waals surface area contributed by atoms with E-state index < -0.39 is 0 Å². The zero-order valence-electron chi connectivity index (χ0n) is 9.23. The minimum Gasteiger partial charge on any atom is -0.496 e. The average Bonchev–Trinajstić information content (AvgIpc) is 2.33. The van der Waals surface area contributed by atoms with Gasteiger partial charge in [0.1, 0.15) is 5.75 Å². The van der Waals surface area contributed by atoms with Gasteiger partial charge in [0.2, 0.25) is 0 Å². The minimum absolute atomic E-state index is 0.772. The van der Waals surface area contributed by atoms with Gasteiger partial charge in [-0.25, -0.2) is 0 Å². The molecule has 2 N–H and O–H groups in total. The van der Waals surface area contributed by atoms with E-state index in [4.69, 9.17) is 10.5 Å². The first-order valence-electron chi connectivity index (χ1n) is 5.17. The van der Waals surface area contributed by atoms with Gasteiger partial charge >= 0.3 is 0 Å². The smallest absolute Gasteiger partial charge is 0.122 e. The molecule has 2 rings (SSSR count). The molecular weight excluding hydrogens is 198 g/mol. The van der Waals surface area contributed by atoms with Gasteiger partial charge in [0.05, 0.1) is 7.11 Å². The summed E-state index contributed by atoms with van der Waals surface area (Å²) in [5, 5.41) is 0. The monoisotopic (exact) mass is 212 g/mol. The van der Waals surface area contributed by atoms with Crippen LogP contribution in [0.1, 0.15) is 11.1 Å².